The maximum absolute atomic E-state index is 11.7. The highest BCUT2D eigenvalue weighted by atomic mass is 16.1. The van der Waals surface area contributed by atoms with Gasteiger partial charge in [0.1, 0.15) is 6.33 Å². The Kier molecular flexibility index (Phi) is 4.44. The second kappa shape index (κ2) is 6.30. The molecule has 1 aromatic rings. The molecular weight excluding hydrogens is 216 g/mol. The quantitative estimate of drug-likeness (QED) is 0.821. The zero-order valence-corrected chi connectivity index (χ0v) is 9.85. The smallest absolute Gasteiger partial charge is 0.224 e. The number of carbonyl (C=O) groups excluding carboxylic acids is 1. The summed E-state index contributed by atoms with van der Waals surface area (Å²) < 4.78 is 0. The Hall–Kier alpha value is -1.49. The average Bonchev–Trinajstić information content (AvgIpc) is 2.39. The predicted molar refractivity (Wildman–Crippen MR) is 65.5 cm³/mol. The number of aromatic nitrogens is 2. The molecule has 17 heavy (non-hydrogen) atoms. The van der Waals surface area contributed by atoms with Crippen LogP contribution in [0.1, 0.15) is 25.7 Å². The average molecular weight is 234 g/mol. The van der Waals surface area contributed by atoms with Crippen molar-refractivity contribution in [2.45, 2.75) is 25.7 Å². The highest BCUT2D eigenvalue weighted by Crippen LogP contribution is 2.18. The summed E-state index contributed by atoms with van der Waals surface area (Å²) in [7, 11) is 0. The van der Waals surface area contributed by atoms with Gasteiger partial charge < -0.3 is 10.6 Å². The number of nitrogens with one attached hydrogen (secondary N) is 2. The Morgan fingerprint density at radius 2 is 2.06 bits per heavy atom. The number of anilines is 1. The van der Waals surface area contributed by atoms with Crippen molar-refractivity contribution in [3.8, 4) is 0 Å². The number of nitrogens with zero attached hydrogens (tertiary/aromatic N) is 2. The molecule has 5 nitrogen and oxygen atoms in total. The summed E-state index contributed by atoms with van der Waals surface area (Å²) in [6.45, 7) is 2.16. The zero-order valence-electron chi connectivity index (χ0n) is 9.85. The summed E-state index contributed by atoms with van der Waals surface area (Å²) in [5.74, 6) is 0.743. The summed E-state index contributed by atoms with van der Waals surface area (Å²) in [6.07, 6.45) is 8.58. The fourth-order valence-corrected chi connectivity index (χ4v) is 2.09. The van der Waals surface area contributed by atoms with Gasteiger partial charge in [0, 0.05) is 6.42 Å². The maximum Gasteiger partial charge on any atom is 0.224 e. The van der Waals surface area contributed by atoms with Crippen molar-refractivity contribution in [2.24, 2.45) is 5.92 Å². The molecule has 0 aromatic carbocycles. The second-order valence-corrected chi connectivity index (χ2v) is 4.41. The fourth-order valence-electron chi connectivity index (χ4n) is 2.09. The van der Waals surface area contributed by atoms with Gasteiger partial charge in [0.2, 0.25) is 5.91 Å². The molecule has 92 valence electrons. The molecule has 1 aliphatic heterocycles. The van der Waals surface area contributed by atoms with E-state index in [1.165, 1.54) is 19.2 Å². The monoisotopic (exact) mass is 234 g/mol. The maximum atomic E-state index is 11.7. The van der Waals surface area contributed by atoms with Crippen molar-refractivity contribution in [1.29, 1.82) is 0 Å². The highest BCUT2D eigenvalue weighted by Gasteiger charge is 2.14. The number of amides is 1. The van der Waals surface area contributed by atoms with Gasteiger partial charge >= 0.3 is 0 Å². The first-order valence-electron chi connectivity index (χ1n) is 6.10. The highest BCUT2D eigenvalue weighted by molar-refractivity contribution is 5.90. The van der Waals surface area contributed by atoms with Crippen LogP contribution in [0.5, 0.6) is 0 Å². The lowest BCUT2D eigenvalue weighted by atomic mass is 9.93. The molecule has 1 fully saturated rings. The van der Waals surface area contributed by atoms with Gasteiger partial charge in [-0.1, -0.05) is 0 Å². The Balaban J connectivity index is 1.70. The Morgan fingerprint density at radius 1 is 1.35 bits per heavy atom. The van der Waals surface area contributed by atoms with E-state index < -0.39 is 0 Å². The molecule has 0 atom stereocenters. The minimum atomic E-state index is 0.0540. The molecule has 1 saturated heterocycles. The van der Waals surface area contributed by atoms with Crippen molar-refractivity contribution >= 4 is 11.6 Å². The molecule has 0 saturated carbocycles. The van der Waals surface area contributed by atoms with Gasteiger partial charge in [0.25, 0.3) is 0 Å². The molecule has 1 aromatic heterocycles. The van der Waals surface area contributed by atoms with E-state index in [-0.39, 0.29) is 5.91 Å². The molecule has 1 amide bonds. The minimum Gasteiger partial charge on any atom is -0.323 e. The molecule has 0 radical (unpaired) electrons. The largest absolute Gasteiger partial charge is 0.323 e. The number of rotatable bonds is 4. The van der Waals surface area contributed by atoms with E-state index in [9.17, 15) is 4.79 Å². The van der Waals surface area contributed by atoms with Gasteiger partial charge in [-0.15, -0.1) is 0 Å². The van der Waals surface area contributed by atoms with Crippen molar-refractivity contribution in [3.05, 3.63) is 18.7 Å². The van der Waals surface area contributed by atoms with Crippen molar-refractivity contribution in [1.82, 2.24) is 15.3 Å². The van der Waals surface area contributed by atoms with Crippen LogP contribution >= 0.6 is 0 Å². The van der Waals surface area contributed by atoms with E-state index in [4.69, 9.17) is 0 Å². The van der Waals surface area contributed by atoms with E-state index in [1.54, 1.807) is 12.4 Å². The van der Waals surface area contributed by atoms with E-state index >= 15 is 0 Å². The van der Waals surface area contributed by atoms with Gasteiger partial charge in [-0.2, -0.15) is 0 Å². The van der Waals surface area contributed by atoms with Gasteiger partial charge in [-0.25, -0.2) is 9.97 Å². The normalized spacial score (nSPS) is 16.7. The van der Waals surface area contributed by atoms with Crippen molar-refractivity contribution in [3.63, 3.8) is 0 Å². The summed E-state index contributed by atoms with van der Waals surface area (Å²) >= 11 is 0. The third-order valence-electron chi connectivity index (χ3n) is 3.08. The number of carbonyl (C=O) groups is 1. The van der Waals surface area contributed by atoms with Crippen molar-refractivity contribution < 1.29 is 4.79 Å². The third-order valence-corrected chi connectivity index (χ3v) is 3.08. The Bertz CT molecular complexity index is 349. The standard InChI is InChI=1S/C12H18N4O/c17-12(16-11-7-14-9-15-8-11)2-1-10-3-5-13-6-4-10/h7-10,13H,1-6H2,(H,16,17). The molecule has 2 heterocycles. The second-order valence-electron chi connectivity index (χ2n) is 4.41. The predicted octanol–water partition coefficient (Wildman–Crippen LogP) is 1.19. The summed E-state index contributed by atoms with van der Waals surface area (Å²) in [4.78, 5) is 19.4. The minimum absolute atomic E-state index is 0.0540. The number of hydrogen-bond acceptors (Lipinski definition) is 4. The summed E-state index contributed by atoms with van der Waals surface area (Å²) in [6, 6.07) is 0. The lowest BCUT2D eigenvalue weighted by Crippen LogP contribution is -2.28. The number of piperidine rings is 1. The number of hydrogen-bond donors (Lipinski definition) is 2. The SMILES string of the molecule is O=C(CCC1CCNCC1)Nc1cncnc1. The Labute approximate surface area is 101 Å². The van der Waals surface area contributed by atoms with Crippen LogP contribution in [0.15, 0.2) is 18.7 Å². The zero-order chi connectivity index (χ0) is 11.9. The van der Waals surface area contributed by atoms with Gasteiger partial charge in [-0.05, 0) is 38.3 Å². The van der Waals surface area contributed by atoms with Crippen LogP contribution in [0, 0.1) is 5.92 Å². The van der Waals surface area contributed by atoms with Crippen LogP contribution in [0.4, 0.5) is 5.69 Å². The molecule has 0 bridgehead atoms. The first-order valence-corrected chi connectivity index (χ1v) is 6.10. The lowest BCUT2D eigenvalue weighted by Gasteiger charge is -2.22. The van der Waals surface area contributed by atoms with Crippen LogP contribution in [-0.4, -0.2) is 29.0 Å². The van der Waals surface area contributed by atoms with Crippen LogP contribution in [0.2, 0.25) is 0 Å². The molecule has 1 aliphatic rings. The molecular formula is C12H18N4O. The Morgan fingerprint density at radius 3 is 2.76 bits per heavy atom. The molecule has 2 N–H and O–H groups in total. The molecule has 2 rings (SSSR count). The first-order chi connectivity index (χ1) is 8.34. The van der Waals surface area contributed by atoms with E-state index in [1.807, 2.05) is 0 Å². The lowest BCUT2D eigenvalue weighted by molar-refractivity contribution is -0.116. The van der Waals surface area contributed by atoms with Crippen LogP contribution in [-0.2, 0) is 4.79 Å². The van der Waals surface area contributed by atoms with Gasteiger partial charge in [0.15, 0.2) is 0 Å². The van der Waals surface area contributed by atoms with Crippen LogP contribution in [0.25, 0.3) is 0 Å². The molecule has 0 spiro atoms. The fraction of sp³-hybridized carbons (Fsp3) is 0.583. The first kappa shape index (κ1) is 12.0. The van der Waals surface area contributed by atoms with Crippen LogP contribution in [0.3, 0.4) is 0 Å². The third kappa shape index (κ3) is 4.11. The summed E-state index contributed by atoms with van der Waals surface area (Å²) in [5, 5.41) is 6.13. The van der Waals surface area contributed by atoms with Crippen LogP contribution < -0.4 is 10.6 Å². The van der Waals surface area contributed by atoms with Crippen molar-refractivity contribution in [2.75, 3.05) is 18.4 Å². The molecule has 0 aliphatic carbocycles. The molecule has 0 unspecified atom stereocenters. The topological polar surface area (TPSA) is 66.9 Å². The summed E-state index contributed by atoms with van der Waals surface area (Å²) in [5.41, 5.74) is 0.669. The van der Waals surface area contributed by atoms with Gasteiger partial charge in [0.05, 0.1) is 18.1 Å². The van der Waals surface area contributed by atoms with Gasteiger partial charge in [-0.3, -0.25) is 4.79 Å². The van der Waals surface area contributed by atoms with E-state index in [0.29, 0.717) is 18.0 Å². The van der Waals surface area contributed by atoms with E-state index in [2.05, 4.69) is 20.6 Å². The molecule has 5 heteroatoms. The van der Waals surface area contributed by atoms with E-state index in [0.717, 1.165) is 19.5 Å².